The van der Waals surface area contributed by atoms with Crippen LogP contribution in [0.15, 0.2) is 48.7 Å². The molecule has 0 radical (unpaired) electrons. The molecule has 0 saturated carbocycles. The van der Waals surface area contributed by atoms with E-state index in [-0.39, 0.29) is 24.9 Å². The maximum absolute atomic E-state index is 12.5. The van der Waals surface area contributed by atoms with Crippen LogP contribution >= 0.6 is 0 Å². The van der Waals surface area contributed by atoms with Gasteiger partial charge in [-0.3, -0.25) is 4.79 Å². The van der Waals surface area contributed by atoms with Gasteiger partial charge in [-0.1, -0.05) is 18.7 Å². The average Bonchev–Trinajstić information content (AvgIpc) is 2.81. The number of amides is 1. The first-order chi connectivity index (χ1) is 15.4. The lowest BCUT2D eigenvalue weighted by molar-refractivity contribution is -0.144. The predicted molar refractivity (Wildman–Crippen MR) is 122 cm³/mol. The van der Waals surface area contributed by atoms with E-state index in [9.17, 15) is 9.59 Å². The second-order valence-corrected chi connectivity index (χ2v) is 7.44. The molecule has 2 aromatic rings. The van der Waals surface area contributed by atoms with Crippen LogP contribution in [0.4, 0.5) is 0 Å². The standard InChI is InChI=1S/C24H29N3O5/c1-14-23(25-2)16-7-9-21(31-4)18(12-16)17-10-15(6-8-20(17)30-3)11-19(24(29)32-5)27-22(28)13-26-14/h6-10,12,19,23,25-26H,1,11,13H2,2-5H3,(H,27,28)/t19-,23?/m0/s1. The van der Waals surface area contributed by atoms with Gasteiger partial charge < -0.3 is 30.2 Å². The Balaban J connectivity index is 2.21. The van der Waals surface area contributed by atoms with Crippen LogP contribution in [0.5, 0.6) is 11.5 Å². The van der Waals surface area contributed by atoms with Crippen molar-refractivity contribution >= 4 is 11.9 Å². The van der Waals surface area contributed by atoms with E-state index in [1.165, 1.54) is 7.11 Å². The monoisotopic (exact) mass is 439 g/mol. The fraction of sp³-hybridized carbons (Fsp3) is 0.333. The molecule has 1 heterocycles. The van der Waals surface area contributed by atoms with Crippen molar-refractivity contribution in [2.45, 2.75) is 18.5 Å². The summed E-state index contributed by atoms with van der Waals surface area (Å²) >= 11 is 0. The van der Waals surface area contributed by atoms with Gasteiger partial charge >= 0.3 is 5.97 Å². The highest BCUT2D eigenvalue weighted by Gasteiger charge is 2.25. The molecule has 0 spiro atoms. The van der Waals surface area contributed by atoms with E-state index in [2.05, 4.69) is 22.5 Å². The summed E-state index contributed by atoms with van der Waals surface area (Å²) in [6, 6.07) is 10.4. The van der Waals surface area contributed by atoms with Crippen LogP contribution in [-0.4, -0.2) is 52.8 Å². The van der Waals surface area contributed by atoms with Crippen molar-refractivity contribution in [2.75, 3.05) is 34.9 Å². The van der Waals surface area contributed by atoms with Gasteiger partial charge in [0, 0.05) is 23.2 Å². The van der Waals surface area contributed by atoms with Crippen molar-refractivity contribution < 1.29 is 23.8 Å². The minimum absolute atomic E-state index is 0.0264. The van der Waals surface area contributed by atoms with Crippen molar-refractivity contribution in [1.82, 2.24) is 16.0 Å². The number of nitrogens with one attached hydrogen (secondary N) is 3. The van der Waals surface area contributed by atoms with Crippen LogP contribution < -0.4 is 25.4 Å². The lowest BCUT2D eigenvalue weighted by Crippen LogP contribution is -2.46. The Hall–Kier alpha value is -3.52. The average molecular weight is 440 g/mol. The summed E-state index contributed by atoms with van der Waals surface area (Å²) in [6.45, 7) is 4.07. The van der Waals surface area contributed by atoms with Gasteiger partial charge in [-0.15, -0.1) is 0 Å². The van der Waals surface area contributed by atoms with Gasteiger partial charge in [0.1, 0.15) is 17.5 Å². The number of likely N-dealkylation sites (N-methyl/N-ethyl adjacent to an activating group) is 1. The number of ether oxygens (including phenoxy) is 3. The molecule has 32 heavy (non-hydrogen) atoms. The summed E-state index contributed by atoms with van der Waals surface area (Å²) in [5.74, 6) is 0.488. The van der Waals surface area contributed by atoms with Crippen LogP contribution in [0.2, 0.25) is 0 Å². The van der Waals surface area contributed by atoms with Gasteiger partial charge in [0.05, 0.1) is 33.9 Å². The van der Waals surface area contributed by atoms with Crippen LogP contribution in [0, 0.1) is 0 Å². The molecule has 8 heteroatoms. The van der Waals surface area contributed by atoms with Crippen molar-refractivity contribution in [3.05, 3.63) is 59.8 Å². The smallest absolute Gasteiger partial charge is 0.328 e. The molecule has 3 N–H and O–H groups in total. The maximum Gasteiger partial charge on any atom is 0.328 e. The first-order valence-corrected chi connectivity index (χ1v) is 10.2. The third kappa shape index (κ3) is 4.86. The van der Waals surface area contributed by atoms with E-state index >= 15 is 0 Å². The number of hydrogen-bond donors (Lipinski definition) is 3. The molecule has 0 fully saturated rings. The molecule has 1 aliphatic heterocycles. The molecule has 2 aromatic carbocycles. The van der Waals surface area contributed by atoms with E-state index in [1.54, 1.807) is 14.2 Å². The van der Waals surface area contributed by atoms with Gasteiger partial charge in [0.25, 0.3) is 0 Å². The molecule has 0 saturated heterocycles. The molecular weight excluding hydrogens is 410 g/mol. The zero-order valence-electron chi connectivity index (χ0n) is 18.8. The summed E-state index contributed by atoms with van der Waals surface area (Å²) < 4.78 is 16.2. The topological polar surface area (TPSA) is 97.9 Å². The van der Waals surface area contributed by atoms with E-state index in [4.69, 9.17) is 14.2 Å². The van der Waals surface area contributed by atoms with E-state index in [1.807, 2.05) is 43.4 Å². The molecule has 3 rings (SSSR count). The molecule has 1 unspecified atom stereocenters. The first-order valence-electron chi connectivity index (χ1n) is 10.2. The number of benzene rings is 2. The Kier molecular flexibility index (Phi) is 7.37. The van der Waals surface area contributed by atoms with Gasteiger partial charge in [0.15, 0.2) is 0 Å². The van der Waals surface area contributed by atoms with Crippen LogP contribution in [0.25, 0.3) is 11.1 Å². The number of fused-ring (bicyclic) bond motifs is 5. The van der Waals surface area contributed by atoms with Gasteiger partial charge in [0.2, 0.25) is 5.91 Å². The molecule has 0 aromatic heterocycles. The van der Waals surface area contributed by atoms with Gasteiger partial charge in [-0.2, -0.15) is 0 Å². The Morgan fingerprint density at radius 3 is 2.34 bits per heavy atom. The summed E-state index contributed by atoms with van der Waals surface area (Å²) in [5.41, 5.74) is 4.05. The Morgan fingerprint density at radius 1 is 1.06 bits per heavy atom. The fourth-order valence-corrected chi connectivity index (χ4v) is 3.86. The number of carbonyl (C=O) groups excluding carboxylic acids is 2. The Morgan fingerprint density at radius 2 is 1.72 bits per heavy atom. The number of carbonyl (C=O) groups is 2. The zero-order chi connectivity index (χ0) is 23.3. The summed E-state index contributed by atoms with van der Waals surface area (Å²) in [7, 11) is 6.34. The first kappa shape index (κ1) is 23.1. The fourth-order valence-electron chi connectivity index (χ4n) is 3.86. The van der Waals surface area contributed by atoms with Gasteiger partial charge in [-0.25, -0.2) is 4.79 Å². The molecule has 1 amide bonds. The highest BCUT2D eigenvalue weighted by molar-refractivity contribution is 5.86. The minimum atomic E-state index is -0.833. The third-order valence-electron chi connectivity index (χ3n) is 5.48. The second-order valence-electron chi connectivity index (χ2n) is 7.44. The molecule has 0 aliphatic carbocycles. The highest BCUT2D eigenvalue weighted by Crippen LogP contribution is 2.39. The van der Waals surface area contributed by atoms with Crippen molar-refractivity contribution in [3.63, 3.8) is 0 Å². The molecular formula is C24H29N3O5. The van der Waals surface area contributed by atoms with Crippen LogP contribution in [-0.2, 0) is 20.7 Å². The molecule has 8 nitrogen and oxygen atoms in total. The summed E-state index contributed by atoms with van der Waals surface area (Å²) in [5, 5.41) is 9.03. The molecule has 4 bridgehead atoms. The van der Waals surface area contributed by atoms with Crippen molar-refractivity contribution in [1.29, 1.82) is 0 Å². The number of hydrogen-bond acceptors (Lipinski definition) is 7. The predicted octanol–water partition coefficient (Wildman–Crippen LogP) is 1.95. The van der Waals surface area contributed by atoms with Crippen LogP contribution in [0.1, 0.15) is 17.2 Å². The van der Waals surface area contributed by atoms with E-state index in [0.29, 0.717) is 17.2 Å². The largest absolute Gasteiger partial charge is 0.496 e. The minimum Gasteiger partial charge on any atom is -0.496 e. The molecule has 170 valence electrons. The summed E-state index contributed by atoms with van der Waals surface area (Å²) in [6.07, 6.45) is 0.261. The van der Waals surface area contributed by atoms with Crippen molar-refractivity contribution in [2.24, 2.45) is 0 Å². The van der Waals surface area contributed by atoms with Gasteiger partial charge in [-0.05, 0) is 42.4 Å². The molecule has 2 atom stereocenters. The Labute approximate surface area is 187 Å². The Bertz CT molecular complexity index is 1020. The SMILES string of the molecule is C=C1NCC(=O)N[C@H](C(=O)OC)Cc2ccc(OC)c(c2)-c2cc(ccc2OC)C1NC. The highest BCUT2D eigenvalue weighted by atomic mass is 16.5. The molecule has 1 aliphatic rings. The lowest BCUT2D eigenvalue weighted by Gasteiger charge is -2.24. The number of esters is 1. The normalized spacial score (nSPS) is 18.6. The number of methoxy groups -OCH3 is 3. The van der Waals surface area contributed by atoms with E-state index < -0.39 is 12.0 Å². The lowest BCUT2D eigenvalue weighted by atomic mass is 9.94. The third-order valence-corrected chi connectivity index (χ3v) is 5.48. The zero-order valence-corrected chi connectivity index (χ0v) is 18.8. The quantitative estimate of drug-likeness (QED) is 0.627. The maximum atomic E-state index is 12.5. The van der Waals surface area contributed by atoms with Crippen molar-refractivity contribution in [3.8, 4) is 22.6 Å². The summed E-state index contributed by atoms with van der Waals surface area (Å²) in [4.78, 5) is 24.9. The number of rotatable bonds is 4. The van der Waals surface area contributed by atoms with Crippen LogP contribution in [0.3, 0.4) is 0 Å². The van der Waals surface area contributed by atoms with E-state index in [0.717, 1.165) is 22.3 Å². The second kappa shape index (κ2) is 10.2.